The van der Waals surface area contributed by atoms with E-state index in [0.717, 1.165) is 21.7 Å². The number of thiophene rings is 1. The summed E-state index contributed by atoms with van der Waals surface area (Å²) in [5, 5.41) is 2.91. The van der Waals surface area contributed by atoms with Crippen LogP contribution in [-0.4, -0.2) is 5.91 Å². The quantitative estimate of drug-likeness (QED) is 0.685. The lowest BCUT2D eigenvalue weighted by Gasteiger charge is -2.10. The number of benzene rings is 1. The van der Waals surface area contributed by atoms with Crippen molar-refractivity contribution in [2.24, 2.45) is 0 Å². The normalized spacial score (nSPS) is 10.7. The molecule has 0 radical (unpaired) electrons. The van der Waals surface area contributed by atoms with Crippen LogP contribution in [0.5, 0.6) is 0 Å². The minimum Gasteiger partial charge on any atom is -0.450 e. The summed E-state index contributed by atoms with van der Waals surface area (Å²) >= 11 is 7.33. The van der Waals surface area contributed by atoms with E-state index in [1.807, 2.05) is 38.1 Å². The molecule has 1 amide bonds. The summed E-state index contributed by atoms with van der Waals surface area (Å²) < 4.78 is 6.32. The average Bonchev–Trinajstić information content (AvgIpc) is 3.11. The largest absolute Gasteiger partial charge is 0.450 e. The van der Waals surface area contributed by atoms with Crippen LogP contribution >= 0.6 is 22.9 Å². The first-order valence-electron chi connectivity index (χ1n) is 6.77. The standard InChI is InChI=1S/C17H14ClNO2S/c1-10-4-3-5-11(2)16(10)19-17(20)13-7-6-12(21-13)14-8-9-15(18)22-14/h3-9H,1-2H3,(H,19,20). The molecule has 3 rings (SSSR count). The number of carbonyl (C=O) groups is 1. The summed E-state index contributed by atoms with van der Waals surface area (Å²) in [7, 11) is 0. The number of amides is 1. The number of anilines is 1. The predicted molar refractivity (Wildman–Crippen MR) is 90.9 cm³/mol. The number of nitrogens with one attached hydrogen (secondary N) is 1. The molecule has 0 fully saturated rings. The molecule has 0 spiro atoms. The highest BCUT2D eigenvalue weighted by Gasteiger charge is 2.15. The fourth-order valence-electron chi connectivity index (χ4n) is 2.23. The molecule has 1 aromatic carbocycles. The van der Waals surface area contributed by atoms with Crippen molar-refractivity contribution in [2.45, 2.75) is 13.8 Å². The van der Waals surface area contributed by atoms with E-state index in [1.54, 1.807) is 18.2 Å². The van der Waals surface area contributed by atoms with Crippen molar-refractivity contribution < 1.29 is 9.21 Å². The van der Waals surface area contributed by atoms with Crippen molar-refractivity contribution in [3.05, 3.63) is 63.7 Å². The van der Waals surface area contributed by atoms with Crippen LogP contribution in [0.15, 0.2) is 46.9 Å². The summed E-state index contributed by atoms with van der Waals surface area (Å²) in [5.41, 5.74) is 2.86. The summed E-state index contributed by atoms with van der Waals surface area (Å²) in [4.78, 5) is 13.2. The van der Waals surface area contributed by atoms with Gasteiger partial charge >= 0.3 is 0 Å². The molecule has 0 atom stereocenters. The third-order valence-corrected chi connectivity index (χ3v) is 4.61. The van der Waals surface area contributed by atoms with Crippen molar-refractivity contribution in [3.8, 4) is 10.6 Å². The number of furan rings is 1. The number of hydrogen-bond donors (Lipinski definition) is 1. The molecule has 0 aliphatic rings. The van der Waals surface area contributed by atoms with E-state index in [2.05, 4.69) is 5.32 Å². The lowest BCUT2D eigenvalue weighted by Crippen LogP contribution is -2.12. The van der Waals surface area contributed by atoms with Gasteiger partial charge in [0.05, 0.1) is 9.21 Å². The average molecular weight is 332 g/mol. The molecular weight excluding hydrogens is 318 g/mol. The molecule has 0 aliphatic heterocycles. The summed E-state index contributed by atoms with van der Waals surface area (Å²) in [6.07, 6.45) is 0. The molecule has 0 saturated carbocycles. The second-order valence-electron chi connectivity index (χ2n) is 4.99. The number of hydrogen-bond acceptors (Lipinski definition) is 3. The molecule has 2 heterocycles. The van der Waals surface area contributed by atoms with E-state index in [-0.39, 0.29) is 11.7 Å². The fraction of sp³-hybridized carbons (Fsp3) is 0.118. The third-order valence-electron chi connectivity index (χ3n) is 3.37. The van der Waals surface area contributed by atoms with Gasteiger partial charge in [-0.15, -0.1) is 11.3 Å². The zero-order valence-electron chi connectivity index (χ0n) is 12.1. The second kappa shape index (κ2) is 5.99. The van der Waals surface area contributed by atoms with E-state index in [0.29, 0.717) is 10.1 Å². The van der Waals surface area contributed by atoms with Gasteiger partial charge < -0.3 is 9.73 Å². The van der Waals surface area contributed by atoms with Crippen LogP contribution in [0.2, 0.25) is 4.34 Å². The molecule has 1 N–H and O–H groups in total. The Balaban J connectivity index is 1.83. The maximum absolute atomic E-state index is 12.3. The van der Waals surface area contributed by atoms with Crippen molar-refractivity contribution in [3.63, 3.8) is 0 Å². The van der Waals surface area contributed by atoms with Crippen molar-refractivity contribution in [1.29, 1.82) is 0 Å². The first-order chi connectivity index (χ1) is 10.5. The number of aryl methyl sites for hydroxylation is 2. The van der Waals surface area contributed by atoms with Gasteiger partial charge in [-0.3, -0.25) is 4.79 Å². The van der Waals surface area contributed by atoms with Gasteiger partial charge in [-0.1, -0.05) is 29.8 Å². The maximum atomic E-state index is 12.3. The van der Waals surface area contributed by atoms with Gasteiger partial charge in [0.1, 0.15) is 5.76 Å². The molecule has 0 bridgehead atoms. The fourth-order valence-corrected chi connectivity index (χ4v) is 3.23. The van der Waals surface area contributed by atoms with Gasteiger partial charge in [0.25, 0.3) is 5.91 Å². The van der Waals surface area contributed by atoms with Crippen LogP contribution in [0, 0.1) is 13.8 Å². The summed E-state index contributed by atoms with van der Waals surface area (Å²) in [6, 6.07) is 13.0. The zero-order chi connectivity index (χ0) is 15.7. The van der Waals surface area contributed by atoms with Gasteiger partial charge in [0, 0.05) is 5.69 Å². The van der Waals surface area contributed by atoms with Crippen molar-refractivity contribution >= 4 is 34.5 Å². The van der Waals surface area contributed by atoms with Gasteiger partial charge in [0.15, 0.2) is 5.76 Å². The highest BCUT2D eigenvalue weighted by Crippen LogP contribution is 2.32. The Bertz CT molecular complexity index is 815. The summed E-state index contributed by atoms with van der Waals surface area (Å²) in [5.74, 6) is 0.664. The Morgan fingerprint density at radius 2 is 1.82 bits per heavy atom. The van der Waals surface area contributed by atoms with E-state index >= 15 is 0 Å². The Morgan fingerprint density at radius 1 is 1.09 bits per heavy atom. The van der Waals surface area contributed by atoms with E-state index < -0.39 is 0 Å². The Kier molecular flexibility index (Phi) is 4.05. The molecule has 0 saturated heterocycles. The van der Waals surface area contributed by atoms with E-state index in [9.17, 15) is 4.79 Å². The molecule has 3 aromatic rings. The molecule has 5 heteroatoms. The van der Waals surface area contributed by atoms with Crippen LogP contribution in [0.4, 0.5) is 5.69 Å². The van der Waals surface area contributed by atoms with E-state index in [4.69, 9.17) is 16.0 Å². The van der Waals surface area contributed by atoms with Crippen LogP contribution in [0.3, 0.4) is 0 Å². The minimum absolute atomic E-state index is 0.258. The molecular formula is C17H14ClNO2S. The smallest absolute Gasteiger partial charge is 0.291 e. The summed E-state index contributed by atoms with van der Waals surface area (Å²) in [6.45, 7) is 3.92. The monoisotopic (exact) mass is 331 g/mol. The Morgan fingerprint density at radius 3 is 2.45 bits per heavy atom. The highest BCUT2D eigenvalue weighted by molar-refractivity contribution is 7.19. The van der Waals surface area contributed by atoms with Crippen molar-refractivity contribution in [1.82, 2.24) is 0 Å². The predicted octanol–water partition coefficient (Wildman–Crippen LogP) is 5.53. The topological polar surface area (TPSA) is 42.2 Å². The highest BCUT2D eigenvalue weighted by atomic mass is 35.5. The van der Waals surface area contributed by atoms with Crippen LogP contribution in [0.25, 0.3) is 10.6 Å². The first kappa shape index (κ1) is 14.9. The molecule has 112 valence electrons. The van der Waals surface area contributed by atoms with Crippen LogP contribution in [0.1, 0.15) is 21.7 Å². The number of rotatable bonds is 3. The van der Waals surface area contributed by atoms with Gasteiger partial charge in [-0.2, -0.15) is 0 Å². The molecule has 2 aromatic heterocycles. The van der Waals surface area contributed by atoms with Crippen LogP contribution in [-0.2, 0) is 0 Å². The van der Waals surface area contributed by atoms with Gasteiger partial charge in [-0.25, -0.2) is 0 Å². The first-order valence-corrected chi connectivity index (χ1v) is 7.97. The van der Waals surface area contributed by atoms with Gasteiger partial charge in [0.2, 0.25) is 0 Å². The molecule has 0 unspecified atom stereocenters. The van der Waals surface area contributed by atoms with E-state index in [1.165, 1.54) is 11.3 Å². The minimum atomic E-state index is -0.258. The number of halogens is 1. The SMILES string of the molecule is Cc1cccc(C)c1NC(=O)c1ccc(-c2ccc(Cl)s2)o1. The Hall–Kier alpha value is -2.04. The molecule has 22 heavy (non-hydrogen) atoms. The Labute approximate surface area is 137 Å². The lowest BCUT2D eigenvalue weighted by atomic mass is 10.1. The molecule has 0 aliphatic carbocycles. The number of carbonyl (C=O) groups excluding carboxylic acids is 1. The second-order valence-corrected chi connectivity index (χ2v) is 6.70. The number of para-hydroxylation sites is 1. The van der Waals surface area contributed by atoms with Crippen LogP contribution < -0.4 is 5.32 Å². The zero-order valence-corrected chi connectivity index (χ0v) is 13.7. The maximum Gasteiger partial charge on any atom is 0.291 e. The molecule has 3 nitrogen and oxygen atoms in total. The van der Waals surface area contributed by atoms with Crippen molar-refractivity contribution in [2.75, 3.05) is 5.32 Å². The van der Waals surface area contributed by atoms with Gasteiger partial charge in [-0.05, 0) is 49.2 Å². The lowest BCUT2D eigenvalue weighted by molar-refractivity contribution is 0.0997. The third kappa shape index (κ3) is 2.93.